The van der Waals surface area contributed by atoms with Crippen molar-refractivity contribution in [3.63, 3.8) is 0 Å². The number of pyridine rings is 1. The van der Waals surface area contributed by atoms with E-state index in [4.69, 9.17) is 4.74 Å². The molecule has 3 heterocycles. The molecular formula is C29H33N5O2. The standard InChI is InChI=1S/C29H33N5O2/c1-32(2)12-13-33-14-16-34(17-15-33)29(35)22-10-8-21(9-11-22)23-18-25-26(20-31-28(25)30-19-23)24-6-4-5-7-27(24)36-3/h4-11,18-20H,12-17H2,1-3H3,(H,30,31). The first kappa shape index (κ1) is 24.0. The quantitative estimate of drug-likeness (QED) is 0.426. The van der Waals surface area contributed by atoms with E-state index in [1.54, 1.807) is 7.11 Å². The van der Waals surface area contributed by atoms with Gasteiger partial charge in [-0.25, -0.2) is 4.98 Å². The van der Waals surface area contributed by atoms with Crippen molar-refractivity contribution < 1.29 is 9.53 Å². The first-order valence-corrected chi connectivity index (χ1v) is 12.4. The summed E-state index contributed by atoms with van der Waals surface area (Å²) in [5.41, 5.74) is 5.66. The van der Waals surface area contributed by atoms with Gasteiger partial charge in [-0.1, -0.05) is 30.3 Å². The number of methoxy groups -OCH3 is 1. The highest BCUT2D eigenvalue weighted by molar-refractivity contribution is 5.98. The highest BCUT2D eigenvalue weighted by Gasteiger charge is 2.22. The number of fused-ring (bicyclic) bond motifs is 1. The van der Waals surface area contributed by atoms with Crippen molar-refractivity contribution in [1.29, 1.82) is 0 Å². The molecule has 0 radical (unpaired) electrons. The maximum absolute atomic E-state index is 13.1. The lowest BCUT2D eigenvalue weighted by molar-refractivity contribution is 0.0630. The van der Waals surface area contributed by atoms with Crippen LogP contribution in [-0.4, -0.2) is 91.0 Å². The Bertz CT molecular complexity index is 1340. The first-order chi connectivity index (χ1) is 17.5. The number of hydrogen-bond acceptors (Lipinski definition) is 5. The Kier molecular flexibility index (Phi) is 7.02. The van der Waals surface area contributed by atoms with Crippen LogP contribution in [0.2, 0.25) is 0 Å². The normalized spacial score (nSPS) is 14.5. The van der Waals surface area contributed by atoms with Crippen LogP contribution in [0.5, 0.6) is 5.75 Å². The molecule has 2 aromatic carbocycles. The monoisotopic (exact) mass is 483 g/mol. The smallest absolute Gasteiger partial charge is 0.253 e. The lowest BCUT2D eigenvalue weighted by Gasteiger charge is -2.35. The van der Waals surface area contributed by atoms with Gasteiger partial charge in [-0.2, -0.15) is 0 Å². The van der Waals surface area contributed by atoms with E-state index in [1.807, 2.05) is 59.8 Å². The summed E-state index contributed by atoms with van der Waals surface area (Å²) in [5.74, 6) is 0.927. The lowest BCUT2D eigenvalue weighted by atomic mass is 10.0. The van der Waals surface area contributed by atoms with Gasteiger partial charge in [0, 0.05) is 79.3 Å². The number of benzene rings is 2. The third kappa shape index (κ3) is 4.98. The van der Waals surface area contributed by atoms with Crippen molar-refractivity contribution >= 4 is 16.9 Å². The Morgan fingerprint density at radius 2 is 1.75 bits per heavy atom. The molecule has 1 N–H and O–H groups in total. The van der Waals surface area contributed by atoms with Crippen LogP contribution in [0.1, 0.15) is 10.4 Å². The Balaban J connectivity index is 1.32. The molecule has 7 nitrogen and oxygen atoms in total. The average molecular weight is 484 g/mol. The first-order valence-electron chi connectivity index (χ1n) is 12.4. The average Bonchev–Trinajstić information content (AvgIpc) is 3.35. The van der Waals surface area contributed by atoms with Crippen LogP contribution < -0.4 is 4.74 Å². The fourth-order valence-corrected chi connectivity index (χ4v) is 4.76. The predicted molar refractivity (Wildman–Crippen MR) is 144 cm³/mol. The van der Waals surface area contributed by atoms with Crippen LogP contribution in [0.4, 0.5) is 0 Å². The summed E-state index contributed by atoms with van der Waals surface area (Å²) in [5, 5.41) is 1.03. The highest BCUT2D eigenvalue weighted by Crippen LogP contribution is 2.36. The molecule has 186 valence electrons. The zero-order chi connectivity index (χ0) is 25.1. The second-order valence-electron chi connectivity index (χ2n) is 9.54. The van der Waals surface area contributed by atoms with E-state index >= 15 is 0 Å². The summed E-state index contributed by atoms with van der Waals surface area (Å²) >= 11 is 0. The molecule has 0 spiro atoms. The Hall–Kier alpha value is -3.68. The van der Waals surface area contributed by atoms with E-state index in [1.165, 1.54) is 0 Å². The van der Waals surface area contributed by atoms with E-state index in [-0.39, 0.29) is 5.91 Å². The Labute approximate surface area is 212 Å². The van der Waals surface area contributed by atoms with E-state index < -0.39 is 0 Å². The summed E-state index contributed by atoms with van der Waals surface area (Å²) in [6.07, 6.45) is 3.84. The van der Waals surface area contributed by atoms with Crippen molar-refractivity contribution in [2.75, 3.05) is 60.5 Å². The molecular weight excluding hydrogens is 450 g/mol. The summed E-state index contributed by atoms with van der Waals surface area (Å²) in [6.45, 7) is 5.48. The number of nitrogens with one attached hydrogen (secondary N) is 1. The van der Waals surface area contributed by atoms with Crippen molar-refractivity contribution in [3.8, 4) is 28.0 Å². The van der Waals surface area contributed by atoms with Gasteiger partial charge in [0.15, 0.2) is 0 Å². The van der Waals surface area contributed by atoms with Crippen LogP contribution in [-0.2, 0) is 0 Å². The topological polar surface area (TPSA) is 64.7 Å². The maximum atomic E-state index is 13.1. The fourth-order valence-electron chi connectivity index (χ4n) is 4.76. The molecule has 0 unspecified atom stereocenters. The number of carbonyl (C=O) groups is 1. The van der Waals surface area contributed by atoms with Crippen molar-refractivity contribution in [1.82, 2.24) is 24.7 Å². The zero-order valence-electron chi connectivity index (χ0n) is 21.2. The van der Waals surface area contributed by atoms with Crippen LogP contribution in [0.15, 0.2) is 67.0 Å². The van der Waals surface area contributed by atoms with Gasteiger partial charge in [-0.05, 0) is 43.9 Å². The second-order valence-corrected chi connectivity index (χ2v) is 9.54. The van der Waals surface area contributed by atoms with Crippen molar-refractivity contribution in [2.45, 2.75) is 0 Å². The molecule has 0 atom stereocenters. The van der Waals surface area contributed by atoms with Crippen molar-refractivity contribution in [3.05, 3.63) is 72.6 Å². The molecule has 1 aliphatic rings. The summed E-state index contributed by atoms with van der Waals surface area (Å²) in [6, 6.07) is 18.0. The van der Waals surface area contributed by atoms with Gasteiger partial charge >= 0.3 is 0 Å². The maximum Gasteiger partial charge on any atom is 0.253 e. The van der Waals surface area contributed by atoms with Crippen LogP contribution in [0.3, 0.4) is 0 Å². The molecule has 1 fully saturated rings. The third-order valence-corrected chi connectivity index (χ3v) is 6.92. The van der Waals surface area contributed by atoms with Gasteiger partial charge in [0.2, 0.25) is 0 Å². The third-order valence-electron chi connectivity index (χ3n) is 6.92. The van der Waals surface area contributed by atoms with Crippen LogP contribution in [0.25, 0.3) is 33.3 Å². The zero-order valence-corrected chi connectivity index (χ0v) is 21.2. The molecule has 1 amide bonds. The minimum absolute atomic E-state index is 0.103. The van der Waals surface area contributed by atoms with E-state index in [0.717, 1.165) is 83.9 Å². The number of carbonyl (C=O) groups excluding carboxylic acids is 1. The molecule has 7 heteroatoms. The van der Waals surface area contributed by atoms with E-state index in [2.05, 4.69) is 46.0 Å². The highest BCUT2D eigenvalue weighted by atomic mass is 16.5. The number of para-hydroxylation sites is 1. The number of H-pyrrole nitrogens is 1. The molecule has 36 heavy (non-hydrogen) atoms. The minimum Gasteiger partial charge on any atom is -0.496 e. The number of piperazine rings is 1. The van der Waals surface area contributed by atoms with Gasteiger partial charge in [-0.15, -0.1) is 0 Å². The number of hydrogen-bond donors (Lipinski definition) is 1. The van der Waals surface area contributed by atoms with Gasteiger partial charge in [0.25, 0.3) is 5.91 Å². The second kappa shape index (κ2) is 10.5. The summed E-state index contributed by atoms with van der Waals surface area (Å²) in [4.78, 5) is 27.6. The number of likely N-dealkylation sites (N-methyl/N-ethyl adjacent to an activating group) is 1. The number of aromatic nitrogens is 2. The van der Waals surface area contributed by atoms with E-state index in [9.17, 15) is 4.79 Å². The molecule has 1 saturated heterocycles. The van der Waals surface area contributed by atoms with Gasteiger partial charge in [-0.3, -0.25) is 9.69 Å². The van der Waals surface area contributed by atoms with Crippen LogP contribution in [0, 0.1) is 0 Å². The molecule has 5 rings (SSSR count). The summed E-state index contributed by atoms with van der Waals surface area (Å²) in [7, 11) is 5.87. The number of aromatic amines is 1. The molecule has 4 aromatic rings. The fraction of sp³-hybridized carbons (Fsp3) is 0.310. The van der Waals surface area contributed by atoms with Gasteiger partial charge < -0.3 is 19.5 Å². The SMILES string of the molecule is COc1ccccc1-c1c[nH]c2ncc(-c3ccc(C(=O)N4CCN(CCN(C)C)CC4)cc3)cc12. The molecule has 1 aliphatic heterocycles. The number of ether oxygens (including phenoxy) is 1. The van der Waals surface area contributed by atoms with Crippen molar-refractivity contribution in [2.24, 2.45) is 0 Å². The van der Waals surface area contributed by atoms with Crippen LogP contribution >= 0.6 is 0 Å². The largest absolute Gasteiger partial charge is 0.496 e. The summed E-state index contributed by atoms with van der Waals surface area (Å²) < 4.78 is 5.57. The number of amides is 1. The number of nitrogens with zero attached hydrogens (tertiary/aromatic N) is 4. The Morgan fingerprint density at radius 1 is 1.00 bits per heavy atom. The van der Waals surface area contributed by atoms with Gasteiger partial charge in [0.1, 0.15) is 11.4 Å². The predicted octanol–water partition coefficient (Wildman–Crippen LogP) is 4.22. The van der Waals surface area contributed by atoms with Gasteiger partial charge in [0.05, 0.1) is 7.11 Å². The lowest BCUT2D eigenvalue weighted by Crippen LogP contribution is -2.49. The molecule has 0 bridgehead atoms. The Morgan fingerprint density at radius 3 is 2.47 bits per heavy atom. The molecule has 0 aliphatic carbocycles. The molecule has 0 saturated carbocycles. The van der Waals surface area contributed by atoms with E-state index in [0.29, 0.717) is 0 Å². The number of rotatable bonds is 7. The minimum atomic E-state index is 0.103. The molecule has 2 aromatic heterocycles.